The molecule has 4 heteroatoms. The summed E-state index contributed by atoms with van der Waals surface area (Å²) in [5, 5.41) is 8.01. The van der Waals surface area contributed by atoms with Gasteiger partial charge in [-0.1, -0.05) is 0 Å². The van der Waals surface area contributed by atoms with Gasteiger partial charge in [-0.15, -0.1) is 0 Å². The second kappa shape index (κ2) is 2.83. The third-order valence-corrected chi connectivity index (χ3v) is 2.53. The fraction of sp³-hybridized carbons (Fsp3) is 0.200. The molecule has 70 valence electrons. The van der Waals surface area contributed by atoms with E-state index in [4.69, 9.17) is 0 Å². The molecule has 0 saturated carbocycles. The molecule has 2 N–H and O–H groups in total. The lowest BCUT2D eigenvalue weighted by Gasteiger charge is -2.05. The molecule has 1 aliphatic heterocycles. The fourth-order valence-corrected chi connectivity index (χ4v) is 1.86. The van der Waals surface area contributed by atoms with Crippen molar-refractivity contribution >= 4 is 5.57 Å². The highest BCUT2D eigenvalue weighted by Crippen LogP contribution is 2.13. The predicted octanol–water partition coefficient (Wildman–Crippen LogP) is -0.0399. The molecule has 0 bridgehead atoms. The summed E-state index contributed by atoms with van der Waals surface area (Å²) in [6.07, 6.45) is 6.71. The summed E-state index contributed by atoms with van der Waals surface area (Å²) < 4.78 is 0. The van der Waals surface area contributed by atoms with Crippen LogP contribution >= 0.6 is 0 Å². The molecule has 0 unspecified atom stereocenters. The first-order valence-corrected chi connectivity index (χ1v) is 4.65. The van der Waals surface area contributed by atoms with Gasteiger partial charge in [-0.2, -0.15) is 5.10 Å². The van der Waals surface area contributed by atoms with Gasteiger partial charge in [-0.25, -0.2) is 0 Å². The average Bonchev–Trinajstić information content (AvgIpc) is 2.88. The van der Waals surface area contributed by atoms with Crippen LogP contribution in [0.1, 0.15) is 12.0 Å². The lowest BCUT2D eigenvalue weighted by atomic mass is 10.0. The van der Waals surface area contributed by atoms with E-state index in [-0.39, 0.29) is 0 Å². The number of aromatic amines is 2. The van der Waals surface area contributed by atoms with Gasteiger partial charge in [0.1, 0.15) is 5.49 Å². The van der Waals surface area contributed by atoms with Crippen molar-refractivity contribution < 1.29 is 0 Å². The third-order valence-electron chi connectivity index (χ3n) is 2.53. The zero-order valence-electron chi connectivity index (χ0n) is 7.62. The van der Waals surface area contributed by atoms with Gasteiger partial charge in [0.2, 0.25) is 0 Å². The quantitative estimate of drug-likeness (QED) is 0.645. The highest BCUT2D eigenvalue weighted by atomic mass is 15.1. The van der Waals surface area contributed by atoms with Crippen molar-refractivity contribution in [2.75, 3.05) is 6.54 Å². The number of nitrogens with one attached hydrogen (secondary N) is 2. The molecule has 0 atom stereocenters. The minimum Gasteiger partial charge on any atom is -0.346 e. The third kappa shape index (κ3) is 1.00. The minimum absolute atomic E-state index is 0.855. The molecular formula is C10H10N4. The largest absolute Gasteiger partial charge is 0.346 e. The van der Waals surface area contributed by atoms with Crippen molar-refractivity contribution in [3.05, 3.63) is 40.9 Å². The summed E-state index contributed by atoms with van der Waals surface area (Å²) in [7, 11) is 0. The van der Waals surface area contributed by atoms with Gasteiger partial charge in [-0.3, -0.25) is 10.1 Å². The van der Waals surface area contributed by atoms with Gasteiger partial charge in [0.25, 0.3) is 0 Å². The standard InChI is InChI=1S/C10H10N4/c1-3-11-10-9(2-4-12-10)8(1)7-5-13-14-6-7/h2,4-6H,1,3H2,(H,11,12)(H,13,14). The molecule has 3 heterocycles. The average molecular weight is 186 g/mol. The van der Waals surface area contributed by atoms with Crippen molar-refractivity contribution in [1.82, 2.24) is 15.2 Å². The van der Waals surface area contributed by atoms with Gasteiger partial charge in [0.15, 0.2) is 0 Å². The number of rotatable bonds is 1. The van der Waals surface area contributed by atoms with Gasteiger partial charge >= 0.3 is 0 Å². The predicted molar refractivity (Wildman–Crippen MR) is 52.2 cm³/mol. The smallest absolute Gasteiger partial charge is 0.132 e. The second-order valence-corrected chi connectivity index (χ2v) is 3.34. The lowest BCUT2D eigenvalue weighted by molar-refractivity contribution is 0.917. The number of H-pyrrole nitrogens is 2. The topological polar surface area (TPSA) is 56.8 Å². The number of nitrogens with zero attached hydrogens (tertiary/aromatic N) is 2. The van der Waals surface area contributed by atoms with Crippen LogP contribution in [-0.4, -0.2) is 21.7 Å². The molecule has 4 nitrogen and oxygen atoms in total. The van der Waals surface area contributed by atoms with Crippen LogP contribution in [0.25, 0.3) is 5.57 Å². The SMILES string of the molecule is c1cc2c([nH]1)=NCCC=2c1cn[nH]c1. The summed E-state index contributed by atoms with van der Waals surface area (Å²) in [5.74, 6) is 0. The molecule has 0 radical (unpaired) electrons. The maximum absolute atomic E-state index is 4.41. The van der Waals surface area contributed by atoms with Crippen molar-refractivity contribution in [2.24, 2.45) is 4.99 Å². The zero-order valence-corrected chi connectivity index (χ0v) is 7.62. The van der Waals surface area contributed by atoms with Crippen LogP contribution in [-0.2, 0) is 0 Å². The van der Waals surface area contributed by atoms with Crippen molar-refractivity contribution in [2.45, 2.75) is 6.42 Å². The number of aromatic nitrogens is 3. The van der Waals surface area contributed by atoms with Gasteiger partial charge < -0.3 is 4.98 Å². The molecule has 0 fully saturated rings. The lowest BCUT2D eigenvalue weighted by Crippen LogP contribution is -2.29. The molecule has 3 rings (SSSR count). The highest BCUT2D eigenvalue weighted by Gasteiger charge is 2.08. The van der Waals surface area contributed by atoms with E-state index in [1.807, 2.05) is 18.6 Å². The normalized spacial score (nSPS) is 15.0. The zero-order chi connectivity index (χ0) is 9.38. The summed E-state index contributed by atoms with van der Waals surface area (Å²) in [4.78, 5) is 7.54. The van der Waals surface area contributed by atoms with Crippen molar-refractivity contribution in [1.29, 1.82) is 0 Å². The molecule has 14 heavy (non-hydrogen) atoms. The van der Waals surface area contributed by atoms with E-state index in [1.54, 1.807) is 0 Å². The fourth-order valence-electron chi connectivity index (χ4n) is 1.86. The van der Waals surface area contributed by atoms with E-state index >= 15 is 0 Å². The van der Waals surface area contributed by atoms with Crippen LogP contribution in [0.5, 0.6) is 0 Å². The van der Waals surface area contributed by atoms with Crippen molar-refractivity contribution in [3.63, 3.8) is 0 Å². The molecule has 1 aliphatic rings. The summed E-state index contributed by atoms with van der Waals surface area (Å²) in [5.41, 5.74) is 3.48. The summed E-state index contributed by atoms with van der Waals surface area (Å²) in [6, 6.07) is 2.07. The molecule has 0 saturated heterocycles. The van der Waals surface area contributed by atoms with E-state index in [0.717, 1.165) is 18.5 Å². The first kappa shape index (κ1) is 7.55. The molecule has 0 aromatic carbocycles. The first-order chi connectivity index (χ1) is 6.95. The Hall–Kier alpha value is -1.84. The Morgan fingerprint density at radius 1 is 1.36 bits per heavy atom. The molecule has 0 spiro atoms. The second-order valence-electron chi connectivity index (χ2n) is 3.34. The van der Waals surface area contributed by atoms with E-state index in [0.29, 0.717) is 0 Å². The highest BCUT2D eigenvalue weighted by molar-refractivity contribution is 5.64. The Bertz CT molecular complexity index is 547. The number of hydrogen-bond acceptors (Lipinski definition) is 2. The molecule has 2 aromatic heterocycles. The Balaban J connectivity index is 2.36. The van der Waals surface area contributed by atoms with Crippen LogP contribution in [0.2, 0.25) is 0 Å². The van der Waals surface area contributed by atoms with E-state index < -0.39 is 0 Å². The van der Waals surface area contributed by atoms with Gasteiger partial charge in [0, 0.05) is 29.7 Å². The first-order valence-electron chi connectivity index (χ1n) is 4.65. The number of hydrogen-bond donors (Lipinski definition) is 2. The molecular weight excluding hydrogens is 176 g/mol. The minimum atomic E-state index is 0.855. The summed E-state index contributed by atoms with van der Waals surface area (Å²) >= 11 is 0. The van der Waals surface area contributed by atoms with Crippen LogP contribution < -0.4 is 10.7 Å². The van der Waals surface area contributed by atoms with E-state index in [2.05, 4.69) is 26.2 Å². The van der Waals surface area contributed by atoms with Crippen molar-refractivity contribution in [3.8, 4) is 0 Å². The Kier molecular flexibility index (Phi) is 1.53. The molecule has 0 amide bonds. The Morgan fingerprint density at radius 2 is 2.36 bits per heavy atom. The van der Waals surface area contributed by atoms with Gasteiger partial charge in [-0.05, 0) is 18.1 Å². The maximum atomic E-state index is 4.41. The molecule has 2 aromatic rings. The van der Waals surface area contributed by atoms with Crippen LogP contribution in [0, 0.1) is 0 Å². The van der Waals surface area contributed by atoms with E-state index in [9.17, 15) is 0 Å². The monoisotopic (exact) mass is 186 g/mol. The van der Waals surface area contributed by atoms with Gasteiger partial charge in [0.05, 0.1) is 6.20 Å². The Morgan fingerprint density at radius 3 is 3.21 bits per heavy atom. The van der Waals surface area contributed by atoms with E-state index in [1.165, 1.54) is 16.4 Å². The van der Waals surface area contributed by atoms with Crippen LogP contribution in [0.3, 0.4) is 0 Å². The Labute approximate surface area is 80.4 Å². The van der Waals surface area contributed by atoms with Crippen LogP contribution in [0.4, 0.5) is 0 Å². The number of fused-ring (bicyclic) bond motifs is 1. The summed E-state index contributed by atoms with van der Waals surface area (Å²) in [6.45, 7) is 0.855. The maximum Gasteiger partial charge on any atom is 0.132 e. The van der Waals surface area contributed by atoms with Crippen LogP contribution in [0.15, 0.2) is 29.6 Å². The molecule has 0 aliphatic carbocycles.